The van der Waals surface area contributed by atoms with Gasteiger partial charge in [0, 0.05) is 0 Å². The molecule has 0 N–H and O–H groups in total. The van der Waals surface area contributed by atoms with Crippen LogP contribution in [-0.4, -0.2) is 22.6 Å². The van der Waals surface area contributed by atoms with Crippen LogP contribution >= 0.6 is 0 Å². The zero-order chi connectivity index (χ0) is 13.4. The summed E-state index contributed by atoms with van der Waals surface area (Å²) in [7, 11) is -4.71. The molecule has 0 saturated heterocycles. The van der Waals surface area contributed by atoms with Crippen molar-refractivity contribution in [1.82, 2.24) is 0 Å². The van der Waals surface area contributed by atoms with E-state index >= 15 is 0 Å². The highest BCUT2D eigenvalue weighted by Gasteiger charge is 2.49. The highest BCUT2D eigenvalue weighted by molar-refractivity contribution is 7.85. The van der Waals surface area contributed by atoms with Crippen LogP contribution in [0.15, 0.2) is 30.3 Å². The van der Waals surface area contributed by atoms with E-state index in [1.165, 1.54) is 0 Å². The molecule has 1 aliphatic carbocycles. The largest absolute Gasteiger partial charge is 0.271 e. The second-order valence-electron chi connectivity index (χ2n) is 6.03. The molecule has 0 spiro atoms. The minimum Gasteiger partial charge on any atom is -0.267 e. The van der Waals surface area contributed by atoms with Gasteiger partial charge < -0.3 is 0 Å². The summed E-state index contributed by atoms with van der Waals surface area (Å²) < 4.78 is 29.1. The van der Waals surface area contributed by atoms with E-state index in [0.29, 0.717) is 5.54 Å². The first-order valence-corrected chi connectivity index (χ1v) is 11.4. The zero-order valence-corrected chi connectivity index (χ0v) is 12.9. The Bertz CT molecular complexity index is 505. The Labute approximate surface area is 110 Å². The lowest BCUT2D eigenvalue weighted by Crippen LogP contribution is -2.23. The summed E-state index contributed by atoms with van der Waals surface area (Å²) in [5.74, 6) is -0.0250. The molecule has 0 radical (unpaired) electrons. The Morgan fingerprint density at radius 2 is 1.83 bits per heavy atom. The summed E-state index contributed by atoms with van der Waals surface area (Å²) in [6, 6.07) is 9.17. The van der Waals surface area contributed by atoms with Gasteiger partial charge in [-0.2, -0.15) is 8.42 Å². The van der Waals surface area contributed by atoms with Gasteiger partial charge in [-0.15, -0.1) is 0 Å². The second-order valence-corrected chi connectivity index (χ2v) is 13.1. The van der Waals surface area contributed by atoms with Gasteiger partial charge in [0.15, 0.2) is 0 Å². The van der Waals surface area contributed by atoms with Crippen molar-refractivity contribution in [3.05, 3.63) is 35.9 Å². The predicted octanol–water partition coefficient (Wildman–Crippen LogP) is 3.01. The molecule has 3 nitrogen and oxygen atoms in total. The van der Waals surface area contributed by atoms with E-state index in [-0.39, 0.29) is 11.9 Å². The molecule has 5 heteroatoms. The van der Waals surface area contributed by atoms with Gasteiger partial charge >= 0.3 is 0 Å². The molecule has 0 amide bonds. The van der Waals surface area contributed by atoms with E-state index in [4.69, 9.17) is 4.18 Å². The van der Waals surface area contributed by atoms with Crippen LogP contribution < -0.4 is 0 Å². The van der Waals surface area contributed by atoms with Gasteiger partial charge in [-0.3, -0.25) is 4.18 Å². The van der Waals surface area contributed by atoms with Crippen LogP contribution in [-0.2, 0) is 20.1 Å². The molecule has 0 heterocycles. The minimum absolute atomic E-state index is 0.0250. The van der Waals surface area contributed by atoms with Crippen LogP contribution in [0.5, 0.6) is 0 Å². The fourth-order valence-corrected chi connectivity index (χ4v) is 5.67. The topological polar surface area (TPSA) is 43.4 Å². The molecule has 1 aromatic rings. The normalized spacial score (nSPS) is 23.9. The predicted molar refractivity (Wildman–Crippen MR) is 75.7 cm³/mol. The van der Waals surface area contributed by atoms with Crippen LogP contribution in [0.1, 0.15) is 12.0 Å². The van der Waals surface area contributed by atoms with E-state index in [0.717, 1.165) is 12.0 Å². The SMILES string of the molecule is C[Si](C)(C)C1CC1OS(=O)(=O)Cc1ccccc1. The van der Waals surface area contributed by atoms with Crippen LogP contribution in [0, 0.1) is 0 Å². The van der Waals surface area contributed by atoms with E-state index in [9.17, 15) is 8.42 Å². The standard InChI is InChI=1S/C13H20O3SSi/c1-18(2,3)13-9-12(13)16-17(14,15)10-11-7-5-4-6-8-11/h4-8,12-13H,9-10H2,1-3H3. The van der Waals surface area contributed by atoms with Crippen LogP contribution in [0.4, 0.5) is 0 Å². The quantitative estimate of drug-likeness (QED) is 0.616. The summed E-state index contributed by atoms with van der Waals surface area (Å²) in [5.41, 5.74) is 1.27. The van der Waals surface area contributed by atoms with Gasteiger partial charge in [0.05, 0.1) is 14.2 Å². The number of rotatable bonds is 5. The van der Waals surface area contributed by atoms with Crippen LogP contribution in [0.2, 0.25) is 25.2 Å². The van der Waals surface area contributed by atoms with Gasteiger partial charge in [-0.05, 0) is 17.5 Å². The lowest BCUT2D eigenvalue weighted by Gasteiger charge is -2.15. The third-order valence-corrected chi connectivity index (χ3v) is 7.36. The zero-order valence-electron chi connectivity index (χ0n) is 11.1. The summed E-state index contributed by atoms with van der Waals surface area (Å²) in [6.45, 7) is 6.76. The minimum atomic E-state index is -3.44. The van der Waals surface area contributed by atoms with E-state index in [1.54, 1.807) is 0 Å². The van der Waals surface area contributed by atoms with E-state index in [2.05, 4.69) is 19.6 Å². The Morgan fingerprint density at radius 3 is 2.33 bits per heavy atom. The first-order chi connectivity index (χ1) is 8.28. The van der Waals surface area contributed by atoms with Gasteiger partial charge in [-0.25, -0.2) is 0 Å². The van der Waals surface area contributed by atoms with Crippen LogP contribution in [0.25, 0.3) is 0 Å². The highest BCUT2D eigenvalue weighted by Crippen LogP contribution is 2.48. The maximum absolute atomic E-state index is 11.9. The summed E-state index contributed by atoms with van der Waals surface area (Å²) in [6.07, 6.45) is 0.842. The Hall–Kier alpha value is -0.653. The second kappa shape index (κ2) is 4.79. The lowest BCUT2D eigenvalue weighted by atomic mass is 10.2. The van der Waals surface area contributed by atoms with Crippen molar-refractivity contribution in [3.8, 4) is 0 Å². The Kier molecular flexibility index (Phi) is 3.67. The average molecular weight is 284 g/mol. The molecule has 2 rings (SSSR count). The average Bonchev–Trinajstić information content (AvgIpc) is 2.96. The van der Waals surface area contributed by atoms with Crippen molar-refractivity contribution in [2.45, 2.75) is 43.5 Å². The first kappa shape index (κ1) is 13.8. The fraction of sp³-hybridized carbons (Fsp3) is 0.538. The molecular formula is C13H20O3SSi. The molecule has 0 aromatic heterocycles. The van der Waals surface area contributed by atoms with Crippen molar-refractivity contribution in [2.24, 2.45) is 0 Å². The number of benzene rings is 1. The van der Waals surface area contributed by atoms with Gasteiger partial charge in [-0.1, -0.05) is 50.0 Å². The smallest absolute Gasteiger partial charge is 0.267 e. The van der Waals surface area contributed by atoms with Crippen molar-refractivity contribution < 1.29 is 12.6 Å². The first-order valence-electron chi connectivity index (χ1n) is 6.23. The van der Waals surface area contributed by atoms with Crippen molar-refractivity contribution in [3.63, 3.8) is 0 Å². The van der Waals surface area contributed by atoms with Crippen molar-refractivity contribution in [1.29, 1.82) is 0 Å². The third kappa shape index (κ3) is 3.67. The maximum atomic E-state index is 11.9. The van der Waals surface area contributed by atoms with Gasteiger partial charge in [0.2, 0.25) is 0 Å². The van der Waals surface area contributed by atoms with Gasteiger partial charge in [0.25, 0.3) is 10.1 Å². The molecule has 0 bridgehead atoms. The van der Waals surface area contributed by atoms with Crippen molar-refractivity contribution in [2.75, 3.05) is 0 Å². The molecule has 18 heavy (non-hydrogen) atoms. The summed E-state index contributed by atoms with van der Waals surface area (Å²) in [4.78, 5) is 0. The van der Waals surface area contributed by atoms with E-state index < -0.39 is 18.2 Å². The molecule has 2 atom stereocenters. The molecule has 1 aromatic carbocycles. The molecule has 2 unspecified atom stereocenters. The van der Waals surface area contributed by atoms with E-state index in [1.807, 2.05) is 30.3 Å². The summed E-state index contributed by atoms with van der Waals surface area (Å²) in [5, 5.41) is 0. The number of hydrogen-bond donors (Lipinski definition) is 0. The molecular weight excluding hydrogens is 264 g/mol. The molecule has 1 aliphatic rings. The molecule has 0 aliphatic heterocycles. The molecule has 100 valence electrons. The van der Waals surface area contributed by atoms with Gasteiger partial charge in [0.1, 0.15) is 5.75 Å². The highest BCUT2D eigenvalue weighted by atomic mass is 32.2. The molecule has 1 saturated carbocycles. The lowest BCUT2D eigenvalue weighted by molar-refractivity contribution is 0.304. The Morgan fingerprint density at radius 1 is 1.22 bits per heavy atom. The fourth-order valence-electron chi connectivity index (χ4n) is 2.19. The maximum Gasteiger partial charge on any atom is 0.271 e. The third-order valence-electron chi connectivity index (χ3n) is 3.30. The molecule has 1 fully saturated rings. The van der Waals surface area contributed by atoms with Crippen molar-refractivity contribution >= 4 is 18.2 Å². The van der Waals surface area contributed by atoms with Crippen LogP contribution in [0.3, 0.4) is 0 Å². The number of hydrogen-bond acceptors (Lipinski definition) is 3. The monoisotopic (exact) mass is 284 g/mol. The Balaban J connectivity index is 1.94. The summed E-state index contributed by atoms with van der Waals surface area (Å²) >= 11 is 0.